The molecule has 1 unspecified atom stereocenters. The number of hydrogen-bond donors (Lipinski definition) is 1. The zero-order valence-corrected chi connectivity index (χ0v) is 21.9. The Labute approximate surface area is 198 Å². The van der Waals surface area contributed by atoms with E-state index in [0.717, 1.165) is 47.1 Å². The summed E-state index contributed by atoms with van der Waals surface area (Å²) in [6, 6.07) is 4.60. The van der Waals surface area contributed by atoms with Crippen LogP contribution in [-0.2, 0) is 6.42 Å². The Bertz CT molecular complexity index is 941. The molecular formula is C31H45N. The molecule has 1 atom stereocenters. The van der Waals surface area contributed by atoms with E-state index in [1.54, 1.807) is 6.20 Å². The zero-order valence-electron chi connectivity index (χ0n) is 21.9. The second kappa shape index (κ2) is 11.9. The van der Waals surface area contributed by atoms with Crippen molar-refractivity contribution >= 4 is 11.1 Å². The van der Waals surface area contributed by atoms with Crippen LogP contribution in [-0.4, -0.2) is 0 Å². The van der Waals surface area contributed by atoms with Gasteiger partial charge in [-0.05, 0) is 95.1 Å². The molecule has 0 aliphatic carbocycles. The minimum Gasteiger partial charge on any atom is -0.404 e. The number of allylic oxidation sites excluding steroid dienone is 8. The van der Waals surface area contributed by atoms with Gasteiger partial charge in [0.05, 0.1) is 0 Å². The molecule has 0 radical (unpaired) electrons. The standard InChI is InChI=1S/C31H45N/c1-12-15-21(4)28(14-3)22(5)16-23(6)29-17-24(7)30(26(13-2)20-32)19-27(29)18-25(8)31(9,10)11/h13-14,16-17,19-20,25H,2,4-5,12,15,18,32H2,1,3,6-11H3/b23-16+,26-20+,28-14-. The monoisotopic (exact) mass is 431 g/mol. The van der Waals surface area contributed by atoms with E-state index < -0.39 is 0 Å². The quantitative estimate of drug-likeness (QED) is 0.367. The zero-order chi connectivity index (χ0) is 24.6. The van der Waals surface area contributed by atoms with Crippen LogP contribution in [0.3, 0.4) is 0 Å². The predicted molar refractivity (Wildman–Crippen MR) is 146 cm³/mol. The van der Waals surface area contributed by atoms with Crippen LogP contribution < -0.4 is 5.73 Å². The van der Waals surface area contributed by atoms with Gasteiger partial charge in [0.25, 0.3) is 0 Å². The van der Waals surface area contributed by atoms with Crippen molar-refractivity contribution in [1.29, 1.82) is 0 Å². The predicted octanol–water partition coefficient (Wildman–Crippen LogP) is 8.97. The average molecular weight is 432 g/mol. The maximum absolute atomic E-state index is 5.90. The molecule has 0 bridgehead atoms. The average Bonchev–Trinajstić information content (AvgIpc) is 2.70. The lowest BCUT2D eigenvalue weighted by molar-refractivity contribution is 0.260. The minimum absolute atomic E-state index is 0.227. The molecule has 0 aliphatic heterocycles. The maximum atomic E-state index is 5.90. The highest BCUT2D eigenvalue weighted by Gasteiger charge is 2.22. The van der Waals surface area contributed by atoms with E-state index >= 15 is 0 Å². The first-order valence-corrected chi connectivity index (χ1v) is 11.8. The first-order valence-electron chi connectivity index (χ1n) is 11.8. The minimum atomic E-state index is 0.227. The summed E-state index contributed by atoms with van der Waals surface area (Å²) in [4.78, 5) is 0. The largest absolute Gasteiger partial charge is 0.404 e. The van der Waals surface area contributed by atoms with Crippen LogP contribution in [0.4, 0.5) is 0 Å². The van der Waals surface area contributed by atoms with E-state index in [2.05, 4.69) is 99.4 Å². The number of aryl methyl sites for hydroxylation is 1. The van der Waals surface area contributed by atoms with Gasteiger partial charge in [-0.3, -0.25) is 0 Å². The second-order valence-electron chi connectivity index (χ2n) is 10.0. The molecule has 0 saturated heterocycles. The number of hydrogen-bond acceptors (Lipinski definition) is 1. The van der Waals surface area contributed by atoms with Crippen molar-refractivity contribution < 1.29 is 0 Å². The number of benzene rings is 1. The molecule has 2 N–H and O–H groups in total. The molecule has 32 heavy (non-hydrogen) atoms. The Morgan fingerprint density at radius 2 is 1.78 bits per heavy atom. The topological polar surface area (TPSA) is 26.0 Å². The molecule has 1 aromatic carbocycles. The molecule has 1 nitrogen and oxygen atoms in total. The van der Waals surface area contributed by atoms with Crippen LogP contribution >= 0.6 is 0 Å². The fourth-order valence-electron chi connectivity index (χ4n) is 3.97. The summed E-state index contributed by atoms with van der Waals surface area (Å²) in [5, 5.41) is 0. The van der Waals surface area contributed by atoms with Gasteiger partial charge in [-0.1, -0.05) is 91.1 Å². The highest BCUT2D eigenvalue weighted by molar-refractivity contribution is 5.79. The summed E-state index contributed by atoms with van der Waals surface area (Å²) in [5.74, 6) is 0.525. The third-order valence-corrected chi connectivity index (χ3v) is 6.55. The van der Waals surface area contributed by atoms with Gasteiger partial charge in [-0.25, -0.2) is 0 Å². The first kappa shape index (κ1) is 27.5. The number of nitrogens with two attached hydrogens (primary N) is 1. The molecule has 1 heteroatoms. The third-order valence-electron chi connectivity index (χ3n) is 6.55. The molecule has 1 rings (SSSR count). The number of rotatable bonds is 10. The molecule has 0 amide bonds. The smallest absolute Gasteiger partial charge is 0.00174 e. The van der Waals surface area contributed by atoms with Crippen molar-refractivity contribution in [3.05, 3.63) is 95.3 Å². The van der Waals surface area contributed by atoms with Crippen molar-refractivity contribution in [3.8, 4) is 0 Å². The molecule has 1 aromatic rings. The van der Waals surface area contributed by atoms with Crippen molar-refractivity contribution in [2.24, 2.45) is 17.1 Å². The molecule has 0 aromatic heterocycles. The van der Waals surface area contributed by atoms with Gasteiger partial charge in [0, 0.05) is 6.20 Å². The molecule has 0 fully saturated rings. The fraction of sp³-hybridized carbons (Fsp3) is 0.419. The maximum Gasteiger partial charge on any atom is 0.00174 e. The van der Waals surface area contributed by atoms with Crippen LogP contribution in [0.15, 0.2) is 73.0 Å². The fourth-order valence-corrected chi connectivity index (χ4v) is 3.97. The lowest BCUT2D eigenvalue weighted by Crippen LogP contribution is -2.20. The summed E-state index contributed by atoms with van der Waals surface area (Å²) >= 11 is 0. The van der Waals surface area contributed by atoms with Gasteiger partial charge >= 0.3 is 0 Å². The van der Waals surface area contributed by atoms with Crippen LogP contribution in [0.5, 0.6) is 0 Å². The Kier molecular flexibility index (Phi) is 10.2. The molecule has 0 saturated carbocycles. The van der Waals surface area contributed by atoms with Crippen LogP contribution in [0.2, 0.25) is 0 Å². The van der Waals surface area contributed by atoms with E-state index in [4.69, 9.17) is 5.73 Å². The SMILES string of the molecule is C=C/C(=C\N)c1cc(CC(C)C(C)(C)C)c(/C(C)=C/C(=C)/C(=C\C)C(=C)CCC)cc1C. The Morgan fingerprint density at radius 3 is 2.25 bits per heavy atom. The second-order valence-corrected chi connectivity index (χ2v) is 10.0. The van der Waals surface area contributed by atoms with Crippen molar-refractivity contribution in [1.82, 2.24) is 0 Å². The van der Waals surface area contributed by atoms with Crippen molar-refractivity contribution in [3.63, 3.8) is 0 Å². The van der Waals surface area contributed by atoms with Crippen molar-refractivity contribution in [2.45, 2.75) is 74.7 Å². The highest BCUT2D eigenvalue weighted by atomic mass is 14.5. The van der Waals surface area contributed by atoms with Gasteiger partial charge in [0.1, 0.15) is 0 Å². The lowest BCUT2D eigenvalue weighted by Gasteiger charge is -2.29. The summed E-state index contributed by atoms with van der Waals surface area (Å²) in [6.45, 7) is 30.4. The molecule has 174 valence electrons. The van der Waals surface area contributed by atoms with E-state index in [1.165, 1.54) is 22.3 Å². The van der Waals surface area contributed by atoms with Gasteiger partial charge < -0.3 is 5.73 Å². The summed E-state index contributed by atoms with van der Waals surface area (Å²) in [5.41, 5.74) is 16.6. The van der Waals surface area contributed by atoms with Gasteiger partial charge in [-0.2, -0.15) is 0 Å². The third kappa shape index (κ3) is 6.99. The van der Waals surface area contributed by atoms with Crippen LogP contribution in [0, 0.1) is 18.3 Å². The Hall–Kier alpha value is -2.54. The van der Waals surface area contributed by atoms with Crippen LogP contribution in [0.25, 0.3) is 11.1 Å². The summed E-state index contributed by atoms with van der Waals surface area (Å²) in [6.07, 6.45) is 10.9. The molecular weight excluding hydrogens is 386 g/mol. The Morgan fingerprint density at radius 1 is 1.16 bits per heavy atom. The van der Waals surface area contributed by atoms with Gasteiger partial charge in [-0.15, -0.1) is 0 Å². The first-order chi connectivity index (χ1) is 14.9. The van der Waals surface area contributed by atoms with Gasteiger partial charge in [0.2, 0.25) is 0 Å². The Balaban J connectivity index is 3.59. The van der Waals surface area contributed by atoms with E-state index in [9.17, 15) is 0 Å². The summed E-state index contributed by atoms with van der Waals surface area (Å²) < 4.78 is 0. The van der Waals surface area contributed by atoms with E-state index in [1.807, 2.05) is 6.08 Å². The van der Waals surface area contributed by atoms with Crippen molar-refractivity contribution in [2.75, 3.05) is 0 Å². The molecule has 0 heterocycles. The molecule has 0 aliphatic rings. The summed E-state index contributed by atoms with van der Waals surface area (Å²) in [7, 11) is 0. The van der Waals surface area contributed by atoms with E-state index in [-0.39, 0.29) is 5.41 Å². The molecule has 0 spiro atoms. The lowest BCUT2D eigenvalue weighted by atomic mass is 9.76. The highest BCUT2D eigenvalue weighted by Crippen LogP contribution is 2.35. The van der Waals surface area contributed by atoms with Gasteiger partial charge in [0.15, 0.2) is 0 Å². The normalized spacial score (nSPS) is 14.3. The van der Waals surface area contributed by atoms with Crippen LogP contribution in [0.1, 0.15) is 83.6 Å². The van der Waals surface area contributed by atoms with E-state index in [0.29, 0.717) is 5.92 Å².